The minimum Gasteiger partial charge on any atom is -0.340 e. The molecule has 0 saturated carbocycles. The fraction of sp³-hybridized carbons (Fsp3) is 0.900. The summed E-state index contributed by atoms with van der Waals surface area (Å²) < 4.78 is 0. The lowest BCUT2D eigenvalue weighted by Gasteiger charge is -2.30. The Morgan fingerprint density at radius 1 is 1.36 bits per heavy atom. The first kappa shape index (κ1) is 11.9. The third kappa shape index (κ3) is 2.89. The quantitative estimate of drug-likeness (QED) is 0.746. The fourth-order valence-electron chi connectivity index (χ4n) is 1.45. The summed E-state index contributed by atoms with van der Waals surface area (Å²) in [5, 5.41) is 3.06. The van der Waals surface area contributed by atoms with E-state index in [1.807, 2.05) is 37.6 Å². The minimum absolute atomic E-state index is 0.225. The third-order valence-corrected chi connectivity index (χ3v) is 3.72. The lowest BCUT2D eigenvalue weighted by atomic mass is 10.0. The smallest absolute Gasteiger partial charge is 0.242 e. The Balaban J connectivity index is 2.58. The maximum absolute atomic E-state index is 12.1. The van der Waals surface area contributed by atoms with E-state index in [0.29, 0.717) is 0 Å². The number of nitrogens with zero attached hydrogens (tertiary/aromatic N) is 1. The molecule has 1 fully saturated rings. The summed E-state index contributed by atoms with van der Waals surface area (Å²) in [7, 11) is 1.84. The van der Waals surface area contributed by atoms with Crippen LogP contribution in [0.5, 0.6) is 0 Å². The molecular formula is C10H20N2OS. The van der Waals surface area contributed by atoms with Crippen LogP contribution in [0.15, 0.2) is 0 Å². The molecule has 1 N–H and O–H groups in total. The molecule has 1 amide bonds. The molecule has 1 rings (SSSR count). The number of amides is 1. The van der Waals surface area contributed by atoms with Crippen molar-refractivity contribution in [3.05, 3.63) is 0 Å². The van der Waals surface area contributed by atoms with Crippen LogP contribution in [0.25, 0.3) is 0 Å². The highest BCUT2D eigenvalue weighted by atomic mass is 32.2. The second-order valence-corrected chi connectivity index (χ2v) is 5.36. The van der Waals surface area contributed by atoms with E-state index in [9.17, 15) is 4.79 Å². The molecule has 0 unspecified atom stereocenters. The maximum Gasteiger partial charge on any atom is 0.242 e. The second-order valence-electron chi connectivity index (χ2n) is 4.13. The topological polar surface area (TPSA) is 32.3 Å². The van der Waals surface area contributed by atoms with E-state index in [0.717, 1.165) is 25.3 Å². The molecule has 4 heteroatoms. The van der Waals surface area contributed by atoms with Gasteiger partial charge in [-0.2, -0.15) is 11.8 Å². The normalized spacial score (nSPS) is 19.2. The summed E-state index contributed by atoms with van der Waals surface area (Å²) in [4.78, 5) is 14.0. The molecule has 0 aromatic heterocycles. The Bertz CT molecular complexity index is 198. The average molecular weight is 216 g/mol. The van der Waals surface area contributed by atoms with Crippen LogP contribution in [0.1, 0.15) is 20.3 Å². The van der Waals surface area contributed by atoms with E-state index in [1.165, 1.54) is 5.75 Å². The molecule has 0 aromatic rings. The number of nitrogens with one attached hydrogen (secondary N) is 1. The van der Waals surface area contributed by atoms with Gasteiger partial charge in [0.1, 0.15) is 0 Å². The highest BCUT2D eigenvalue weighted by Gasteiger charge is 2.30. The van der Waals surface area contributed by atoms with Crippen LogP contribution >= 0.6 is 11.8 Å². The Morgan fingerprint density at radius 2 is 2.07 bits per heavy atom. The van der Waals surface area contributed by atoms with Crippen LogP contribution in [-0.2, 0) is 4.79 Å². The van der Waals surface area contributed by atoms with Crippen LogP contribution in [0, 0.1) is 0 Å². The zero-order valence-electron chi connectivity index (χ0n) is 9.30. The Kier molecular flexibility index (Phi) is 4.26. The van der Waals surface area contributed by atoms with Gasteiger partial charge in [0.15, 0.2) is 0 Å². The van der Waals surface area contributed by atoms with Gasteiger partial charge in [0.2, 0.25) is 5.91 Å². The van der Waals surface area contributed by atoms with Crippen LogP contribution in [0.3, 0.4) is 0 Å². The summed E-state index contributed by atoms with van der Waals surface area (Å²) in [6, 6.07) is 0. The average Bonchev–Trinajstić information content (AvgIpc) is 2.44. The second kappa shape index (κ2) is 5.03. The molecular weight excluding hydrogens is 196 g/mol. The molecule has 0 atom stereocenters. The number of thioether (sulfide) groups is 1. The number of rotatable bonds is 2. The number of carbonyl (C=O) groups excluding carboxylic acids is 1. The first-order valence-electron chi connectivity index (χ1n) is 5.14. The molecule has 1 aliphatic rings. The van der Waals surface area contributed by atoms with E-state index in [4.69, 9.17) is 0 Å². The van der Waals surface area contributed by atoms with Gasteiger partial charge < -0.3 is 10.2 Å². The lowest BCUT2D eigenvalue weighted by Crippen LogP contribution is -2.53. The van der Waals surface area contributed by atoms with E-state index in [1.54, 1.807) is 0 Å². The predicted octanol–water partition coefficient (Wildman–Crippen LogP) is 0.950. The van der Waals surface area contributed by atoms with Gasteiger partial charge in [-0.3, -0.25) is 4.79 Å². The Labute approximate surface area is 90.6 Å². The molecule has 0 aliphatic carbocycles. The molecule has 1 heterocycles. The number of hydrogen-bond acceptors (Lipinski definition) is 3. The molecule has 1 aliphatic heterocycles. The minimum atomic E-state index is -0.422. The van der Waals surface area contributed by atoms with Crippen molar-refractivity contribution in [1.82, 2.24) is 10.2 Å². The van der Waals surface area contributed by atoms with Crippen molar-refractivity contribution < 1.29 is 4.79 Å². The monoisotopic (exact) mass is 216 g/mol. The number of likely N-dealkylation sites (N-methyl/N-ethyl adjacent to an activating group) is 1. The molecule has 0 aromatic carbocycles. The summed E-state index contributed by atoms with van der Waals surface area (Å²) in [6.45, 7) is 5.69. The van der Waals surface area contributed by atoms with Crippen molar-refractivity contribution in [2.24, 2.45) is 0 Å². The predicted molar refractivity (Wildman–Crippen MR) is 61.7 cm³/mol. The van der Waals surface area contributed by atoms with Crippen molar-refractivity contribution in [3.8, 4) is 0 Å². The van der Waals surface area contributed by atoms with Crippen LogP contribution in [0.2, 0.25) is 0 Å². The molecule has 0 bridgehead atoms. The highest BCUT2D eigenvalue weighted by molar-refractivity contribution is 7.99. The standard InChI is InChI=1S/C10H20N2OS/c1-10(2,11-3)9(13)12-5-4-7-14-8-6-12/h11H,4-8H2,1-3H3. The van der Waals surface area contributed by atoms with Gasteiger partial charge in [-0.05, 0) is 33.1 Å². The molecule has 1 saturated heterocycles. The van der Waals surface area contributed by atoms with Gasteiger partial charge in [0.05, 0.1) is 5.54 Å². The molecule has 82 valence electrons. The lowest BCUT2D eigenvalue weighted by molar-refractivity contribution is -0.136. The first-order valence-corrected chi connectivity index (χ1v) is 6.29. The number of carbonyl (C=O) groups is 1. The molecule has 0 spiro atoms. The van der Waals surface area contributed by atoms with E-state index < -0.39 is 5.54 Å². The van der Waals surface area contributed by atoms with Gasteiger partial charge in [-0.1, -0.05) is 0 Å². The Morgan fingerprint density at radius 3 is 2.71 bits per heavy atom. The summed E-state index contributed by atoms with van der Waals surface area (Å²) in [5.74, 6) is 2.48. The summed E-state index contributed by atoms with van der Waals surface area (Å²) in [6.07, 6.45) is 1.12. The van der Waals surface area contributed by atoms with Gasteiger partial charge in [-0.15, -0.1) is 0 Å². The van der Waals surface area contributed by atoms with Crippen LogP contribution in [0.4, 0.5) is 0 Å². The van der Waals surface area contributed by atoms with Crippen molar-refractivity contribution >= 4 is 17.7 Å². The van der Waals surface area contributed by atoms with Crippen molar-refractivity contribution in [3.63, 3.8) is 0 Å². The largest absolute Gasteiger partial charge is 0.340 e. The molecule has 0 radical (unpaired) electrons. The van der Waals surface area contributed by atoms with Gasteiger partial charge in [0, 0.05) is 18.8 Å². The molecule has 14 heavy (non-hydrogen) atoms. The third-order valence-electron chi connectivity index (χ3n) is 2.67. The van der Waals surface area contributed by atoms with Crippen molar-refractivity contribution in [2.45, 2.75) is 25.8 Å². The zero-order valence-corrected chi connectivity index (χ0v) is 10.1. The van der Waals surface area contributed by atoms with E-state index >= 15 is 0 Å². The van der Waals surface area contributed by atoms with E-state index in [2.05, 4.69) is 5.32 Å². The van der Waals surface area contributed by atoms with Crippen LogP contribution in [-0.4, -0.2) is 48.0 Å². The van der Waals surface area contributed by atoms with E-state index in [-0.39, 0.29) is 5.91 Å². The SMILES string of the molecule is CNC(C)(C)C(=O)N1CCCSCC1. The summed E-state index contributed by atoms with van der Waals surface area (Å²) >= 11 is 1.94. The summed E-state index contributed by atoms with van der Waals surface area (Å²) in [5.41, 5.74) is -0.422. The maximum atomic E-state index is 12.1. The van der Waals surface area contributed by atoms with Gasteiger partial charge in [-0.25, -0.2) is 0 Å². The van der Waals surface area contributed by atoms with Crippen LogP contribution < -0.4 is 5.32 Å². The van der Waals surface area contributed by atoms with Gasteiger partial charge >= 0.3 is 0 Å². The zero-order chi connectivity index (χ0) is 10.6. The highest BCUT2D eigenvalue weighted by Crippen LogP contribution is 2.14. The van der Waals surface area contributed by atoms with Gasteiger partial charge in [0.25, 0.3) is 0 Å². The van der Waals surface area contributed by atoms with Crippen molar-refractivity contribution in [2.75, 3.05) is 31.6 Å². The molecule has 3 nitrogen and oxygen atoms in total. The first-order chi connectivity index (χ1) is 6.58. The Hall–Kier alpha value is -0.220. The van der Waals surface area contributed by atoms with Crippen molar-refractivity contribution in [1.29, 1.82) is 0 Å². The fourth-order valence-corrected chi connectivity index (χ4v) is 2.34. The number of hydrogen-bond donors (Lipinski definition) is 1.